The van der Waals surface area contributed by atoms with Gasteiger partial charge in [0.25, 0.3) is 0 Å². The quantitative estimate of drug-likeness (QED) is 0.720. The summed E-state index contributed by atoms with van der Waals surface area (Å²) >= 11 is 0. The predicted octanol–water partition coefficient (Wildman–Crippen LogP) is 2.60. The molecule has 0 unspecified atom stereocenters. The van der Waals surface area contributed by atoms with Crippen molar-refractivity contribution in [2.45, 2.75) is 52.6 Å². The Morgan fingerprint density at radius 2 is 1.78 bits per heavy atom. The van der Waals surface area contributed by atoms with Gasteiger partial charge >= 0.3 is 0 Å². The lowest BCUT2D eigenvalue weighted by Crippen LogP contribution is -2.31. The zero-order chi connectivity index (χ0) is 13.4. The highest BCUT2D eigenvalue weighted by Gasteiger charge is 2.13. The second-order valence-corrected chi connectivity index (χ2v) is 4.65. The highest BCUT2D eigenvalue weighted by Crippen LogP contribution is 2.13. The Labute approximate surface area is 111 Å². The maximum Gasteiger partial charge on any atom is 0.225 e. The van der Waals surface area contributed by atoms with Gasteiger partial charge in [0, 0.05) is 37.6 Å². The smallest absolute Gasteiger partial charge is 0.225 e. The van der Waals surface area contributed by atoms with E-state index < -0.39 is 0 Å². The summed E-state index contributed by atoms with van der Waals surface area (Å²) in [4.78, 5) is 11.1. The average Bonchev–Trinajstić information content (AvgIpc) is 2.41. The molecule has 0 aliphatic heterocycles. The molecule has 18 heavy (non-hydrogen) atoms. The van der Waals surface area contributed by atoms with Gasteiger partial charge in [-0.2, -0.15) is 0 Å². The van der Waals surface area contributed by atoms with Crippen molar-refractivity contribution in [2.24, 2.45) is 0 Å². The van der Waals surface area contributed by atoms with Gasteiger partial charge in [0.05, 0.1) is 0 Å². The van der Waals surface area contributed by atoms with E-state index in [4.69, 9.17) is 0 Å². The molecule has 0 fully saturated rings. The van der Waals surface area contributed by atoms with Crippen LogP contribution in [-0.2, 0) is 6.54 Å². The van der Waals surface area contributed by atoms with Gasteiger partial charge in [-0.05, 0) is 25.8 Å². The number of rotatable bonds is 8. The van der Waals surface area contributed by atoms with Crippen LogP contribution in [0.15, 0.2) is 12.4 Å². The Morgan fingerprint density at radius 3 is 2.28 bits per heavy atom. The van der Waals surface area contributed by atoms with Crippen LogP contribution in [0.4, 0.5) is 5.95 Å². The summed E-state index contributed by atoms with van der Waals surface area (Å²) in [7, 11) is 2.07. The minimum absolute atomic E-state index is 0.522. The SMILES string of the molecule is CCCNCc1cnc(N(C)C(CC)CC)nc1. The monoisotopic (exact) mass is 250 g/mol. The van der Waals surface area contributed by atoms with Crippen molar-refractivity contribution >= 4 is 5.95 Å². The third-order valence-electron chi connectivity index (χ3n) is 3.25. The lowest BCUT2D eigenvalue weighted by Gasteiger charge is -2.26. The highest BCUT2D eigenvalue weighted by atomic mass is 15.2. The summed E-state index contributed by atoms with van der Waals surface area (Å²) < 4.78 is 0. The van der Waals surface area contributed by atoms with Crippen molar-refractivity contribution < 1.29 is 0 Å². The van der Waals surface area contributed by atoms with Crippen molar-refractivity contribution in [3.63, 3.8) is 0 Å². The molecular formula is C14H26N4. The molecule has 4 heteroatoms. The van der Waals surface area contributed by atoms with Crippen LogP contribution in [0.2, 0.25) is 0 Å². The van der Waals surface area contributed by atoms with Crippen molar-refractivity contribution in [1.29, 1.82) is 0 Å². The predicted molar refractivity (Wildman–Crippen MR) is 76.8 cm³/mol. The molecule has 0 atom stereocenters. The maximum absolute atomic E-state index is 4.45. The van der Waals surface area contributed by atoms with Gasteiger partial charge in [-0.15, -0.1) is 0 Å². The van der Waals surface area contributed by atoms with E-state index in [0.717, 1.165) is 43.9 Å². The molecule has 1 N–H and O–H groups in total. The van der Waals surface area contributed by atoms with Crippen molar-refractivity contribution in [2.75, 3.05) is 18.5 Å². The maximum atomic E-state index is 4.45. The van der Waals surface area contributed by atoms with Gasteiger partial charge < -0.3 is 10.2 Å². The van der Waals surface area contributed by atoms with E-state index in [1.807, 2.05) is 12.4 Å². The van der Waals surface area contributed by atoms with Crippen LogP contribution in [0.1, 0.15) is 45.6 Å². The van der Waals surface area contributed by atoms with Crippen LogP contribution in [-0.4, -0.2) is 29.6 Å². The zero-order valence-corrected chi connectivity index (χ0v) is 12.1. The van der Waals surface area contributed by atoms with E-state index in [9.17, 15) is 0 Å². The van der Waals surface area contributed by atoms with Crippen LogP contribution < -0.4 is 10.2 Å². The van der Waals surface area contributed by atoms with E-state index in [1.54, 1.807) is 0 Å². The first-order valence-corrected chi connectivity index (χ1v) is 6.97. The summed E-state index contributed by atoms with van der Waals surface area (Å²) in [5, 5.41) is 3.35. The first-order chi connectivity index (χ1) is 8.72. The Morgan fingerprint density at radius 1 is 1.17 bits per heavy atom. The standard InChI is InChI=1S/C14H26N4/c1-5-8-15-9-12-10-16-14(17-11-12)18(4)13(6-2)7-3/h10-11,13,15H,5-9H2,1-4H3. The lowest BCUT2D eigenvalue weighted by atomic mass is 10.1. The first kappa shape index (κ1) is 14.9. The Bertz CT molecular complexity index is 319. The zero-order valence-electron chi connectivity index (χ0n) is 12.1. The van der Waals surface area contributed by atoms with Crippen LogP contribution in [0.3, 0.4) is 0 Å². The van der Waals surface area contributed by atoms with E-state index in [-0.39, 0.29) is 0 Å². The molecular weight excluding hydrogens is 224 g/mol. The Hall–Kier alpha value is -1.16. The Balaban J connectivity index is 2.58. The van der Waals surface area contributed by atoms with Gasteiger partial charge in [0.2, 0.25) is 5.95 Å². The summed E-state index contributed by atoms with van der Waals surface area (Å²) in [5.41, 5.74) is 1.14. The number of nitrogens with one attached hydrogen (secondary N) is 1. The lowest BCUT2D eigenvalue weighted by molar-refractivity contribution is 0.580. The van der Waals surface area contributed by atoms with Gasteiger partial charge in [-0.25, -0.2) is 9.97 Å². The van der Waals surface area contributed by atoms with E-state index >= 15 is 0 Å². The van der Waals surface area contributed by atoms with Crippen LogP contribution >= 0.6 is 0 Å². The second-order valence-electron chi connectivity index (χ2n) is 4.65. The highest BCUT2D eigenvalue weighted by molar-refractivity contribution is 5.30. The fourth-order valence-corrected chi connectivity index (χ4v) is 2.03. The Kier molecular flexibility index (Phi) is 6.65. The molecule has 1 rings (SSSR count). The van der Waals surface area contributed by atoms with E-state index in [1.165, 1.54) is 0 Å². The first-order valence-electron chi connectivity index (χ1n) is 6.97. The molecule has 1 heterocycles. The normalized spacial score (nSPS) is 10.9. The van der Waals surface area contributed by atoms with Crippen LogP contribution in [0.25, 0.3) is 0 Å². The second kappa shape index (κ2) is 8.03. The van der Waals surface area contributed by atoms with Crippen LogP contribution in [0, 0.1) is 0 Å². The van der Waals surface area contributed by atoms with Gasteiger partial charge in [-0.1, -0.05) is 20.8 Å². The largest absolute Gasteiger partial charge is 0.341 e. The average molecular weight is 250 g/mol. The number of hydrogen-bond donors (Lipinski definition) is 1. The molecule has 0 saturated heterocycles. The molecule has 0 aliphatic rings. The molecule has 0 amide bonds. The number of anilines is 1. The number of hydrogen-bond acceptors (Lipinski definition) is 4. The van der Waals surface area contributed by atoms with Crippen molar-refractivity contribution in [3.05, 3.63) is 18.0 Å². The molecule has 0 bridgehead atoms. The van der Waals surface area contributed by atoms with Gasteiger partial charge in [-0.3, -0.25) is 0 Å². The fourth-order valence-electron chi connectivity index (χ4n) is 2.03. The van der Waals surface area contributed by atoms with Crippen molar-refractivity contribution in [3.8, 4) is 0 Å². The van der Waals surface area contributed by atoms with Gasteiger partial charge in [0.1, 0.15) is 0 Å². The molecule has 0 radical (unpaired) electrons. The van der Waals surface area contributed by atoms with Gasteiger partial charge in [0.15, 0.2) is 0 Å². The fraction of sp³-hybridized carbons (Fsp3) is 0.714. The molecule has 0 aromatic carbocycles. The molecule has 102 valence electrons. The summed E-state index contributed by atoms with van der Waals surface area (Å²) in [6.07, 6.45) is 7.23. The summed E-state index contributed by atoms with van der Waals surface area (Å²) in [6, 6.07) is 0.522. The van der Waals surface area contributed by atoms with Crippen LogP contribution in [0.5, 0.6) is 0 Å². The third kappa shape index (κ3) is 4.26. The molecule has 0 saturated carbocycles. The summed E-state index contributed by atoms with van der Waals surface area (Å²) in [6.45, 7) is 8.46. The number of aromatic nitrogens is 2. The van der Waals surface area contributed by atoms with E-state index in [0.29, 0.717) is 6.04 Å². The minimum atomic E-state index is 0.522. The molecule has 0 spiro atoms. The van der Waals surface area contributed by atoms with Crippen molar-refractivity contribution in [1.82, 2.24) is 15.3 Å². The third-order valence-corrected chi connectivity index (χ3v) is 3.25. The van der Waals surface area contributed by atoms with E-state index in [2.05, 4.69) is 48.0 Å². The topological polar surface area (TPSA) is 41.1 Å². The molecule has 4 nitrogen and oxygen atoms in total. The summed E-state index contributed by atoms with van der Waals surface area (Å²) in [5.74, 6) is 0.822. The number of nitrogens with zero attached hydrogens (tertiary/aromatic N) is 3. The minimum Gasteiger partial charge on any atom is -0.341 e. The molecule has 0 aliphatic carbocycles. The molecule has 1 aromatic heterocycles. The molecule has 1 aromatic rings.